The summed E-state index contributed by atoms with van der Waals surface area (Å²) in [5.41, 5.74) is 0.542. The van der Waals surface area contributed by atoms with Crippen LogP contribution in [0.5, 0.6) is 5.75 Å². The summed E-state index contributed by atoms with van der Waals surface area (Å²) in [5, 5.41) is 2.42. The predicted molar refractivity (Wildman–Crippen MR) is 97.5 cm³/mol. The summed E-state index contributed by atoms with van der Waals surface area (Å²) < 4.78 is 5.70. The topological polar surface area (TPSA) is 72.9 Å². The maximum Gasteiger partial charge on any atom is 0.367 e. The molecule has 2 amide bonds. The molecule has 4 rings (SSSR count). The molecular weight excluding hydrogens is 366 g/mol. The van der Waals surface area contributed by atoms with E-state index in [0.717, 1.165) is 4.88 Å². The molecule has 0 fully saturated rings. The number of hydrogen-bond donors (Lipinski definition) is 0. The highest BCUT2D eigenvalue weighted by Gasteiger charge is 2.39. The maximum atomic E-state index is 12.6. The first-order valence-electron chi connectivity index (χ1n) is 8.09. The first-order valence-corrected chi connectivity index (χ1v) is 8.97. The molecule has 1 aliphatic heterocycles. The highest BCUT2D eigenvalue weighted by molar-refractivity contribution is 7.09. The van der Waals surface area contributed by atoms with E-state index in [1.54, 1.807) is 30.3 Å². The van der Waals surface area contributed by atoms with Crippen molar-refractivity contribution in [2.75, 3.05) is 0 Å². The molecule has 0 N–H and O–H groups in total. The van der Waals surface area contributed by atoms with Gasteiger partial charge in [-0.25, -0.2) is 4.79 Å². The van der Waals surface area contributed by atoms with Crippen LogP contribution < -0.4 is 4.74 Å². The Morgan fingerprint density at radius 1 is 0.889 bits per heavy atom. The van der Waals surface area contributed by atoms with Crippen molar-refractivity contribution in [3.8, 4) is 5.75 Å². The number of carbonyl (C=O) groups is 3. The molecule has 7 heteroatoms. The molecule has 3 aromatic rings. The maximum absolute atomic E-state index is 12.6. The Labute approximate surface area is 158 Å². The molecule has 1 aromatic heterocycles. The van der Waals surface area contributed by atoms with Gasteiger partial charge in [-0.1, -0.05) is 35.4 Å². The minimum absolute atomic E-state index is 0.130. The molecule has 0 radical (unpaired) electrons. The second-order valence-electron chi connectivity index (χ2n) is 5.69. The Morgan fingerprint density at radius 3 is 2.22 bits per heavy atom. The van der Waals surface area contributed by atoms with Crippen LogP contribution in [0, 0.1) is 0 Å². The highest BCUT2D eigenvalue weighted by Crippen LogP contribution is 2.26. The number of benzene rings is 2. The number of fused-ring (bicyclic) bond motifs is 1. The Kier molecular flexibility index (Phi) is 4.43. The molecule has 0 saturated heterocycles. The Balaban J connectivity index is 1.52. The fraction of sp³-hybridized carbons (Fsp3) is 0.0500. The van der Waals surface area contributed by atoms with Gasteiger partial charge in [-0.2, -0.15) is 0 Å². The summed E-state index contributed by atoms with van der Waals surface area (Å²) >= 11 is 1.54. The Bertz CT molecular complexity index is 993. The highest BCUT2D eigenvalue weighted by atomic mass is 32.1. The van der Waals surface area contributed by atoms with E-state index in [0.29, 0.717) is 17.4 Å². The number of para-hydroxylation sites is 1. The van der Waals surface area contributed by atoms with Gasteiger partial charge in [0.25, 0.3) is 11.8 Å². The zero-order chi connectivity index (χ0) is 18.8. The molecule has 0 spiro atoms. The van der Waals surface area contributed by atoms with Crippen LogP contribution >= 0.6 is 11.3 Å². The van der Waals surface area contributed by atoms with E-state index in [9.17, 15) is 14.4 Å². The zero-order valence-electron chi connectivity index (χ0n) is 14.0. The minimum Gasteiger partial charge on any atom is -0.487 e. The lowest BCUT2D eigenvalue weighted by atomic mass is 10.1. The number of hydrogen-bond acceptors (Lipinski definition) is 6. The van der Waals surface area contributed by atoms with Crippen LogP contribution in [0.3, 0.4) is 0 Å². The van der Waals surface area contributed by atoms with Crippen molar-refractivity contribution in [2.24, 2.45) is 0 Å². The zero-order valence-corrected chi connectivity index (χ0v) is 14.8. The molecule has 27 heavy (non-hydrogen) atoms. The second-order valence-corrected chi connectivity index (χ2v) is 6.73. The largest absolute Gasteiger partial charge is 0.487 e. The van der Waals surface area contributed by atoms with Gasteiger partial charge in [-0.15, -0.1) is 11.3 Å². The van der Waals surface area contributed by atoms with Crippen LogP contribution in [-0.4, -0.2) is 22.8 Å². The summed E-state index contributed by atoms with van der Waals surface area (Å²) in [6.45, 7) is 0.301. The number of ether oxygens (including phenoxy) is 1. The van der Waals surface area contributed by atoms with Gasteiger partial charge in [0.15, 0.2) is 0 Å². The molecular formula is C20H13NO5S. The van der Waals surface area contributed by atoms with E-state index in [4.69, 9.17) is 9.57 Å². The van der Waals surface area contributed by atoms with Crippen molar-refractivity contribution >= 4 is 29.1 Å². The molecule has 2 heterocycles. The average Bonchev–Trinajstić information content (AvgIpc) is 3.30. The van der Waals surface area contributed by atoms with Gasteiger partial charge >= 0.3 is 5.97 Å². The van der Waals surface area contributed by atoms with Crippen molar-refractivity contribution in [3.05, 3.63) is 87.6 Å². The molecule has 0 unspecified atom stereocenters. The third-order valence-corrected chi connectivity index (χ3v) is 4.84. The number of hydroxylamine groups is 2. The normalized spacial score (nSPS) is 12.8. The van der Waals surface area contributed by atoms with Gasteiger partial charge < -0.3 is 9.57 Å². The molecule has 0 saturated carbocycles. The van der Waals surface area contributed by atoms with Gasteiger partial charge in [0.1, 0.15) is 17.9 Å². The average molecular weight is 379 g/mol. The molecule has 0 aliphatic carbocycles. The number of nitrogens with zero attached hydrogens (tertiary/aromatic N) is 1. The van der Waals surface area contributed by atoms with Gasteiger partial charge in [0.2, 0.25) is 0 Å². The van der Waals surface area contributed by atoms with E-state index in [1.807, 2.05) is 17.5 Å². The first-order chi connectivity index (χ1) is 13.1. The fourth-order valence-electron chi connectivity index (χ4n) is 2.69. The lowest BCUT2D eigenvalue weighted by Gasteiger charge is -2.14. The third kappa shape index (κ3) is 3.20. The smallest absolute Gasteiger partial charge is 0.367 e. The summed E-state index contributed by atoms with van der Waals surface area (Å²) in [6, 6.07) is 16.7. The van der Waals surface area contributed by atoms with Crippen LogP contribution in [0.2, 0.25) is 0 Å². The molecule has 134 valence electrons. The van der Waals surface area contributed by atoms with Crippen LogP contribution in [0.25, 0.3) is 0 Å². The summed E-state index contributed by atoms with van der Waals surface area (Å²) in [7, 11) is 0. The summed E-state index contributed by atoms with van der Waals surface area (Å²) in [5.74, 6) is -1.86. The number of imide groups is 1. The van der Waals surface area contributed by atoms with E-state index in [-0.39, 0.29) is 16.7 Å². The quantitative estimate of drug-likeness (QED) is 0.632. The van der Waals surface area contributed by atoms with Gasteiger partial charge in [-0.3, -0.25) is 9.59 Å². The van der Waals surface area contributed by atoms with Crippen LogP contribution in [-0.2, 0) is 11.4 Å². The van der Waals surface area contributed by atoms with E-state index >= 15 is 0 Å². The minimum atomic E-state index is -0.841. The number of thiophene rings is 1. The monoisotopic (exact) mass is 379 g/mol. The summed E-state index contributed by atoms with van der Waals surface area (Å²) in [6.07, 6.45) is 0. The molecule has 0 atom stereocenters. The Hall–Kier alpha value is -3.45. The third-order valence-electron chi connectivity index (χ3n) is 3.99. The predicted octanol–water partition coefficient (Wildman–Crippen LogP) is 3.70. The van der Waals surface area contributed by atoms with Crippen molar-refractivity contribution < 1.29 is 24.0 Å². The van der Waals surface area contributed by atoms with E-state index in [1.165, 1.54) is 29.5 Å². The van der Waals surface area contributed by atoms with Crippen molar-refractivity contribution in [1.29, 1.82) is 0 Å². The number of rotatable bonds is 5. The van der Waals surface area contributed by atoms with Crippen LogP contribution in [0.15, 0.2) is 66.0 Å². The van der Waals surface area contributed by atoms with Crippen molar-refractivity contribution in [1.82, 2.24) is 5.06 Å². The first kappa shape index (κ1) is 17.0. The van der Waals surface area contributed by atoms with E-state index in [2.05, 4.69) is 0 Å². The standard InChI is InChI=1S/C20H13NO5S/c22-18-14-7-1-2-8-15(14)19(23)21(18)26-20(24)16-9-3-4-10-17(16)25-12-13-6-5-11-27-13/h1-11H,12H2. The number of amides is 2. The Morgan fingerprint density at radius 2 is 1.56 bits per heavy atom. The molecule has 0 bridgehead atoms. The van der Waals surface area contributed by atoms with Crippen molar-refractivity contribution in [2.45, 2.75) is 6.61 Å². The van der Waals surface area contributed by atoms with Gasteiger partial charge in [0.05, 0.1) is 11.1 Å². The molecule has 2 aromatic carbocycles. The molecule has 1 aliphatic rings. The fourth-order valence-corrected chi connectivity index (χ4v) is 3.30. The molecule has 6 nitrogen and oxygen atoms in total. The number of carbonyl (C=O) groups excluding carboxylic acids is 3. The lowest BCUT2D eigenvalue weighted by molar-refractivity contribution is -0.0586. The second kappa shape index (κ2) is 7.05. The lowest BCUT2D eigenvalue weighted by Crippen LogP contribution is -2.32. The van der Waals surface area contributed by atoms with Crippen LogP contribution in [0.4, 0.5) is 0 Å². The SMILES string of the molecule is O=C(ON1C(=O)c2ccccc2C1=O)c1ccccc1OCc1cccs1. The van der Waals surface area contributed by atoms with Crippen LogP contribution in [0.1, 0.15) is 36.0 Å². The van der Waals surface area contributed by atoms with E-state index < -0.39 is 17.8 Å². The van der Waals surface area contributed by atoms with Gasteiger partial charge in [-0.05, 0) is 35.7 Å². The van der Waals surface area contributed by atoms with Crippen molar-refractivity contribution in [3.63, 3.8) is 0 Å². The summed E-state index contributed by atoms with van der Waals surface area (Å²) in [4.78, 5) is 43.4. The van der Waals surface area contributed by atoms with Gasteiger partial charge in [0, 0.05) is 4.88 Å².